The van der Waals surface area contributed by atoms with Gasteiger partial charge in [-0.15, -0.1) is 11.3 Å². The van der Waals surface area contributed by atoms with Gasteiger partial charge in [0.1, 0.15) is 0 Å². The summed E-state index contributed by atoms with van der Waals surface area (Å²) in [6.07, 6.45) is 3.02. The van der Waals surface area contributed by atoms with Crippen LogP contribution in [0.4, 0.5) is 0 Å². The fourth-order valence-electron chi connectivity index (χ4n) is 3.64. The summed E-state index contributed by atoms with van der Waals surface area (Å²) < 4.78 is 23.1. The predicted octanol–water partition coefficient (Wildman–Crippen LogP) is 2.93. The number of thiophene rings is 1. The summed E-state index contributed by atoms with van der Waals surface area (Å²) in [7, 11) is -3.93. The van der Waals surface area contributed by atoms with Gasteiger partial charge in [0.15, 0.2) is 0 Å². The lowest BCUT2D eigenvalue weighted by Gasteiger charge is -2.33. The number of carbonyl (C=O) groups excluding carboxylic acids is 2. The van der Waals surface area contributed by atoms with Gasteiger partial charge in [-0.1, -0.05) is 26.8 Å². The van der Waals surface area contributed by atoms with E-state index in [2.05, 4.69) is 31.6 Å². The highest BCUT2D eigenvalue weighted by Gasteiger charge is 2.30. The van der Waals surface area contributed by atoms with E-state index in [1.54, 1.807) is 6.92 Å². The van der Waals surface area contributed by atoms with Crippen molar-refractivity contribution in [2.45, 2.75) is 51.9 Å². The number of fused-ring (bicyclic) bond motifs is 1. The maximum atomic E-state index is 12.6. The first-order valence-corrected chi connectivity index (χ1v) is 12.1. The van der Waals surface area contributed by atoms with E-state index >= 15 is 0 Å². The Morgan fingerprint density at radius 1 is 1.13 bits per heavy atom. The smallest absolute Gasteiger partial charge is 0.267 e. The lowest BCUT2D eigenvalue weighted by molar-refractivity contribution is 0.0848. The summed E-state index contributed by atoms with van der Waals surface area (Å²) in [5.74, 6) is -0.430. The average Bonchev–Trinajstić information content (AvgIpc) is 3.08. The van der Waals surface area contributed by atoms with Crippen LogP contribution in [0.3, 0.4) is 0 Å². The van der Waals surface area contributed by atoms with Crippen LogP contribution >= 0.6 is 11.3 Å². The van der Waals surface area contributed by atoms with E-state index in [1.165, 1.54) is 40.0 Å². The van der Waals surface area contributed by atoms with Crippen molar-refractivity contribution in [2.24, 2.45) is 16.5 Å². The number of nitrogens with two attached hydrogens (primary N) is 1. The number of hydrazine groups is 1. The number of amides is 2. The summed E-state index contributed by atoms with van der Waals surface area (Å²) in [4.78, 5) is 26.6. The minimum absolute atomic E-state index is 0.125. The van der Waals surface area contributed by atoms with E-state index in [0.717, 1.165) is 19.3 Å². The Labute approximate surface area is 181 Å². The van der Waals surface area contributed by atoms with Crippen molar-refractivity contribution < 1.29 is 18.0 Å². The van der Waals surface area contributed by atoms with E-state index < -0.39 is 21.8 Å². The van der Waals surface area contributed by atoms with Gasteiger partial charge in [-0.25, -0.2) is 13.6 Å². The van der Waals surface area contributed by atoms with E-state index in [-0.39, 0.29) is 15.9 Å². The SMILES string of the molecule is Cc1ccc(S(N)(=O)=O)cc1C(=O)NNC(=O)c1cc2c(s1)CCC(C(C)(C)C)C2. The summed E-state index contributed by atoms with van der Waals surface area (Å²) in [5, 5.41) is 5.13. The second-order valence-corrected chi connectivity index (χ2v) is 11.5. The molecule has 3 rings (SSSR count). The van der Waals surface area contributed by atoms with Crippen LogP contribution in [0.15, 0.2) is 29.2 Å². The molecule has 0 aliphatic heterocycles. The molecule has 2 aromatic rings. The second-order valence-electron chi connectivity index (χ2n) is 8.79. The molecule has 1 aliphatic rings. The molecule has 2 amide bonds. The van der Waals surface area contributed by atoms with Crippen molar-refractivity contribution in [2.75, 3.05) is 0 Å². The maximum absolute atomic E-state index is 12.6. The van der Waals surface area contributed by atoms with Crippen molar-refractivity contribution in [3.63, 3.8) is 0 Å². The number of benzene rings is 1. The first kappa shape index (κ1) is 22.5. The van der Waals surface area contributed by atoms with Crippen LogP contribution in [0.25, 0.3) is 0 Å². The molecular formula is C21H27N3O4S2. The zero-order valence-electron chi connectivity index (χ0n) is 17.5. The van der Waals surface area contributed by atoms with E-state index in [0.29, 0.717) is 16.4 Å². The first-order chi connectivity index (χ1) is 13.9. The Morgan fingerprint density at radius 3 is 2.43 bits per heavy atom. The van der Waals surface area contributed by atoms with Crippen molar-refractivity contribution in [3.05, 3.63) is 50.7 Å². The lowest BCUT2D eigenvalue weighted by Crippen LogP contribution is -2.41. The topological polar surface area (TPSA) is 118 Å². The van der Waals surface area contributed by atoms with Crippen LogP contribution in [0.1, 0.15) is 63.2 Å². The third-order valence-electron chi connectivity index (χ3n) is 5.60. The number of nitrogens with one attached hydrogen (secondary N) is 2. The fraction of sp³-hybridized carbons (Fsp3) is 0.429. The quantitative estimate of drug-likeness (QED) is 0.624. The summed E-state index contributed by atoms with van der Waals surface area (Å²) in [6, 6.07) is 5.94. The van der Waals surface area contributed by atoms with Gasteiger partial charge in [0.05, 0.1) is 9.77 Å². The largest absolute Gasteiger partial charge is 0.279 e. The third-order valence-corrected chi connectivity index (χ3v) is 7.75. The molecule has 7 nitrogen and oxygen atoms in total. The molecule has 30 heavy (non-hydrogen) atoms. The number of hydrogen-bond acceptors (Lipinski definition) is 5. The van der Waals surface area contributed by atoms with Crippen LogP contribution in [0.5, 0.6) is 0 Å². The molecule has 0 saturated carbocycles. The Kier molecular flexibility index (Phi) is 6.08. The van der Waals surface area contributed by atoms with Gasteiger partial charge in [0.25, 0.3) is 11.8 Å². The lowest BCUT2D eigenvalue weighted by atomic mass is 9.72. The first-order valence-electron chi connectivity index (χ1n) is 9.72. The van der Waals surface area contributed by atoms with Crippen LogP contribution in [0.2, 0.25) is 0 Å². The van der Waals surface area contributed by atoms with E-state index in [9.17, 15) is 18.0 Å². The van der Waals surface area contributed by atoms with Crippen molar-refractivity contribution in [3.8, 4) is 0 Å². The minimum atomic E-state index is -3.93. The van der Waals surface area contributed by atoms with Crippen molar-refractivity contribution >= 4 is 33.2 Å². The minimum Gasteiger partial charge on any atom is -0.267 e. The van der Waals surface area contributed by atoms with Crippen molar-refractivity contribution in [1.82, 2.24) is 10.9 Å². The van der Waals surface area contributed by atoms with Gasteiger partial charge < -0.3 is 0 Å². The molecular weight excluding hydrogens is 422 g/mol. The second kappa shape index (κ2) is 8.13. The number of rotatable bonds is 3. The van der Waals surface area contributed by atoms with Gasteiger partial charge in [0.2, 0.25) is 10.0 Å². The number of sulfonamides is 1. The average molecular weight is 450 g/mol. The van der Waals surface area contributed by atoms with Crippen LogP contribution in [-0.4, -0.2) is 20.2 Å². The molecule has 0 spiro atoms. The molecule has 4 N–H and O–H groups in total. The van der Waals surface area contributed by atoms with Gasteiger partial charge >= 0.3 is 0 Å². The Morgan fingerprint density at radius 2 is 1.80 bits per heavy atom. The van der Waals surface area contributed by atoms with Crippen molar-refractivity contribution in [1.29, 1.82) is 0 Å². The molecule has 0 bridgehead atoms. The highest BCUT2D eigenvalue weighted by molar-refractivity contribution is 7.89. The van der Waals surface area contributed by atoms with Crippen LogP contribution in [0, 0.1) is 18.3 Å². The zero-order chi connectivity index (χ0) is 22.3. The summed E-state index contributed by atoms with van der Waals surface area (Å²) in [6.45, 7) is 8.39. The molecule has 1 heterocycles. The maximum Gasteiger partial charge on any atom is 0.279 e. The fourth-order valence-corrected chi connectivity index (χ4v) is 5.28. The Bertz CT molecular complexity index is 1100. The molecule has 1 aliphatic carbocycles. The van der Waals surface area contributed by atoms with Crippen LogP contribution in [-0.2, 0) is 22.9 Å². The Hall–Kier alpha value is -2.23. The highest BCUT2D eigenvalue weighted by Crippen LogP contribution is 2.40. The molecule has 162 valence electrons. The molecule has 0 fully saturated rings. The molecule has 1 unspecified atom stereocenters. The number of primary sulfonamides is 1. The van der Waals surface area contributed by atoms with Gasteiger partial charge in [-0.2, -0.15) is 0 Å². The number of aryl methyl sites for hydroxylation is 2. The molecule has 1 atom stereocenters. The van der Waals surface area contributed by atoms with Crippen LogP contribution < -0.4 is 16.0 Å². The standard InChI is InChI=1S/C21H27N3O4S2/c1-12-5-7-15(30(22,27)28)11-16(12)19(25)23-24-20(26)18-10-13-9-14(21(2,3)4)6-8-17(13)29-18/h5,7,10-11,14H,6,8-9H2,1-4H3,(H,23,25)(H,24,26)(H2,22,27,28). The van der Waals surface area contributed by atoms with Gasteiger partial charge in [-0.3, -0.25) is 20.4 Å². The van der Waals surface area contributed by atoms with E-state index in [1.807, 2.05) is 6.07 Å². The predicted molar refractivity (Wildman–Crippen MR) is 117 cm³/mol. The zero-order valence-corrected chi connectivity index (χ0v) is 19.2. The third kappa shape index (κ3) is 4.91. The molecule has 0 radical (unpaired) electrons. The molecule has 0 saturated heterocycles. The molecule has 1 aromatic carbocycles. The Balaban J connectivity index is 1.69. The summed E-state index contributed by atoms with van der Waals surface area (Å²) >= 11 is 1.45. The molecule has 9 heteroatoms. The highest BCUT2D eigenvalue weighted by atomic mass is 32.2. The van der Waals surface area contributed by atoms with Gasteiger partial charge in [-0.05, 0) is 66.8 Å². The number of carbonyl (C=O) groups is 2. The summed E-state index contributed by atoms with van der Waals surface area (Å²) in [5.41, 5.74) is 6.91. The van der Waals surface area contributed by atoms with E-state index in [4.69, 9.17) is 5.14 Å². The monoisotopic (exact) mass is 449 g/mol. The molecule has 1 aromatic heterocycles. The number of hydrogen-bond donors (Lipinski definition) is 3. The normalized spacial score (nSPS) is 16.6. The van der Waals surface area contributed by atoms with Gasteiger partial charge in [0, 0.05) is 10.4 Å².